The number of hydrogen-bond donors (Lipinski definition) is 1. The predicted molar refractivity (Wildman–Crippen MR) is 99.5 cm³/mol. The maximum absolute atomic E-state index is 13.1. The molecule has 25 heavy (non-hydrogen) atoms. The molecular formula is C15H23Cl2N3O4S. The molecule has 0 atom stereocenters. The Balaban J connectivity index is 0.00000312. The van der Waals surface area contributed by atoms with Crippen molar-refractivity contribution in [3.63, 3.8) is 0 Å². The van der Waals surface area contributed by atoms with Crippen LogP contribution in [-0.4, -0.2) is 70.9 Å². The minimum Gasteiger partial charge on any atom is -0.494 e. The fourth-order valence-corrected chi connectivity index (χ4v) is 4.54. The third kappa shape index (κ3) is 4.77. The second kappa shape index (κ2) is 9.05. The van der Waals surface area contributed by atoms with Crippen molar-refractivity contribution >= 4 is 39.9 Å². The van der Waals surface area contributed by atoms with Gasteiger partial charge in [-0.2, -0.15) is 4.31 Å². The second-order valence-corrected chi connectivity index (χ2v) is 8.03. The molecular weight excluding hydrogens is 389 g/mol. The van der Waals surface area contributed by atoms with E-state index >= 15 is 0 Å². The van der Waals surface area contributed by atoms with Gasteiger partial charge in [0.2, 0.25) is 10.0 Å². The standard InChI is InChI=1S/C15H22ClN3O4S.ClH/c1-18(2)15(20)12-9-11(16)10-13(14(12)23-3)24(21,22)19-7-4-5-17-6-8-19;/h9-10,17H,4-8H2,1-3H3;1H. The number of rotatable bonds is 4. The Bertz CT molecular complexity index is 718. The second-order valence-electron chi connectivity index (χ2n) is 5.69. The van der Waals surface area contributed by atoms with Gasteiger partial charge >= 0.3 is 0 Å². The Morgan fingerprint density at radius 1 is 1.28 bits per heavy atom. The van der Waals surface area contributed by atoms with Crippen LogP contribution in [0.5, 0.6) is 5.75 Å². The third-order valence-electron chi connectivity index (χ3n) is 3.78. The van der Waals surface area contributed by atoms with E-state index < -0.39 is 10.0 Å². The first-order valence-electron chi connectivity index (χ1n) is 7.59. The summed E-state index contributed by atoms with van der Waals surface area (Å²) in [6.07, 6.45) is 0.714. The average molecular weight is 412 g/mol. The van der Waals surface area contributed by atoms with Crippen LogP contribution in [0.2, 0.25) is 5.02 Å². The molecule has 1 amide bonds. The molecule has 0 aromatic heterocycles. The van der Waals surface area contributed by atoms with Gasteiger partial charge in [-0.1, -0.05) is 11.6 Å². The minimum atomic E-state index is -3.82. The summed E-state index contributed by atoms with van der Waals surface area (Å²) in [4.78, 5) is 13.6. The van der Waals surface area contributed by atoms with Crippen molar-refractivity contribution in [2.24, 2.45) is 0 Å². The van der Waals surface area contributed by atoms with E-state index in [0.717, 1.165) is 6.54 Å². The molecule has 0 saturated carbocycles. The smallest absolute Gasteiger partial charge is 0.257 e. The first kappa shape index (κ1) is 22.0. The van der Waals surface area contributed by atoms with Gasteiger partial charge in [0.25, 0.3) is 5.91 Å². The lowest BCUT2D eigenvalue weighted by atomic mass is 10.2. The number of methoxy groups -OCH3 is 1. The number of ether oxygens (including phenoxy) is 1. The van der Waals surface area contributed by atoms with Gasteiger partial charge in [-0.3, -0.25) is 4.79 Å². The summed E-state index contributed by atoms with van der Waals surface area (Å²) in [6.45, 7) is 2.10. The van der Waals surface area contributed by atoms with Crippen molar-refractivity contribution in [3.8, 4) is 5.75 Å². The summed E-state index contributed by atoms with van der Waals surface area (Å²) >= 11 is 6.08. The highest BCUT2D eigenvalue weighted by Crippen LogP contribution is 2.34. The van der Waals surface area contributed by atoms with E-state index in [1.54, 1.807) is 14.1 Å². The maximum atomic E-state index is 13.1. The molecule has 1 aromatic carbocycles. The molecule has 0 bridgehead atoms. The van der Waals surface area contributed by atoms with Crippen LogP contribution in [0.4, 0.5) is 0 Å². The Morgan fingerprint density at radius 3 is 2.56 bits per heavy atom. The lowest BCUT2D eigenvalue weighted by molar-refractivity contribution is 0.0823. The van der Waals surface area contributed by atoms with Crippen molar-refractivity contribution in [1.82, 2.24) is 14.5 Å². The molecule has 142 valence electrons. The fraction of sp³-hybridized carbons (Fsp3) is 0.533. The number of amides is 1. The van der Waals surface area contributed by atoms with Crippen LogP contribution in [0.1, 0.15) is 16.8 Å². The van der Waals surface area contributed by atoms with Crippen LogP contribution in [0, 0.1) is 0 Å². The first-order valence-corrected chi connectivity index (χ1v) is 9.41. The topological polar surface area (TPSA) is 79.0 Å². The van der Waals surface area contributed by atoms with Crippen LogP contribution in [0.15, 0.2) is 17.0 Å². The minimum absolute atomic E-state index is 0. The largest absolute Gasteiger partial charge is 0.494 e. The maximum Gasteiger partial charge on any atom is 0.257 e. The quantitative estimate of drug-likeness (QED) is 0.810. The Kier molecular flexibility index (Phi) is 7.95. The highest BCUT2D eigenvalue weighted by Gasteiger charge is 2.31. The van der Waals surface area contributed by atoms with Crippen LogP contribution in [0.25, 0.3) is 0 Å². The molecule has 1 aliphatic rings. The van der Waals surface area contributed by atoms with E-state index in [1.165, 1.54) is 28.4 Å². The lowest BCUT2D eigenvalue weighted by Crippen LogP contribution is -2.34. The summed E-state index contributed by atoms with van der Waals surface area (Å²) in [6, 6.07) is 2.76. The zero-order valence-corrected chi connectivity index (χ0v) is 16.8. The van der Waals surface area contributed by atoms with Gasteiger partial charge in [0, 0.05) is 38.8 Å². The van der Waals surface area contributed by atoms with Crippen LogP contribution in [0.3, 0.4) is 0 Å². The summed E-state index contributed by atoms with van der Waals surface area (Å²) in [7, 11) is 0.688. The van der Waals surface area contributed by atoms with Gasteiger partial charge < -0.3 is 15.0 Å². The Morgan fingerprint density at radius 2 is 1.96 bits per heavy atom. The van der Waals surface area contributed by atoms with Gasteiger partial charge in [0.05, 0.1) is 12.7 Å². The molecule has 1 fully saturated rings. The SMILES string of the molecule is COc1c(C(=O)N(C)C)cc(Cl)cc1S(=O)(=O)N1CCCNCC1.Cl. The lowest BCUT2D eigenvalue weighted by Gasteiger charge is -2.23. The number of carbonyl (C=O) groups excluding carboxylic acids is 1. The Hall–Kier alpha value is -1.06. The summed E-state index contributed by atoms with van der Waals surface area (Å²) in [5.74, 6) is -0.348. The van der Waals surface area contributed by atoms with E-state index in [4.69, 9.17) is 16.3 Å². The van der Waals surface area contributed by atoms with Gasteiger partial charge in [-0.25, -0.2) is 8.42 Å². The fourth-order valence-electron chi connectivity index (χ4n) is 2.57. The number of nitrogens with one attached hydrogen (secondary N) is 1. The molecule has 1 aliphatic heterocycles. The molecule has 10 heteroatoms. The van der Waals surface area contributed by atoms with Gasteiger partial charge in [-0.15, -0.1) is 12.4 Å². The van der Waals surface area contributed by atoms with Crippen LogP contribution < -0.4 is 10.1 Å². The monoisotopic (exact) mass is 411 g/mol. The number of benzene rings is 1. The Labute approximate surface area is 159 Å². The summed E-state index contributed by atoms with van der Waals surface area (Å²) in [5, 5.41) is 3.33. The number of carbonyl (C=O) groups is 1. The van der Waals surface area contributed by atoms with Crippen molar-refractivity contribution in [2.45, 2.75) is 11.3 Å². The van der Waals surface area contributed by atoms with Crippen LogP contribution in [-0.2, 0) is 10.0 Å². The van der Waals surface area contributed by atoms with E-state index in [2.05, 4.69) is 5.32 Å². The number of halogens is 2. The number of nitrogens with zero attached hydrogens (tertiary/aromatic N) is 2. The molecule has 0 spiro atoms. The summed E-state index contributed by atoms with van der Waals surface area (Å²) < 4.78 is 32.8. The number of sulfonamides is 1. The molecule has 1 heterocycles. The molecule has 1 saturated heterocycles. The third-order valence-corrected chi connectivity index (χ3v) is 5.90. The molecule has 0 unspecified atom stereocenters. The van der Waals surface area contributed by atoms with Crippen molar-refractivity contribution in [3.05, 3.63) is 22.7 Å². The van der Waals surface area contributed by atoms with Gasteiger partial charge in [0.15, 0.2) is 5.75 Å². The molecule has 2 rings (SSSR count). The highest BCUT2D eigenvalue weighted by molar-refractivity contribution is 7.89. The van der Waals surface area contributed by atoms with E-state index in [-0.39, 0.29) is 39.5 Å². The zero-order chi connectivity index (χ0) is 17.9. The first-order chi connectivity index (χ1) is 11.3. The van der Waals surface area contributed by atoms with E-state index in [9.17, 15) is 13.2 Å². The predicted octanol–water partition coefficient (Wildman–Crippen LogP) is 1.46. The van der Waals surface area contributed by atoms with Gasteiger partial charge in [0.1, 0.15) is 4.90 Å². The number of hydrogen-bond acceptors (Lipinski definition) is 5. The van der Waals surface area contributed by atoms with Crippen LogP contribution >= 0.6 is 24.0 Å². The molecule has 7 nitrogen and oxygen atoms in total. The van der Waals surface area contributed by atoms with E-state index in [0.29, 0.717) is 26.1 Å². The molecule has 1 N–H and O–H groups in total. The summed E-state index contributed by atoms with van der Waals surface area (Å²) in [5.41, 5.74) is 0.126. The average Bonchev–Trinajstić information content (AvgIpc) is 2.82. The van der Waals surface area contributed by atoms with Gasteiger partial charge in [-0.05, 0) is 25.1 Å². The molecule has 0 radical (unpaired) electrons. The van der Waals surface area contributed by atoms with Crippen molar-refractivity contribution in [2.75, 3.05) is 47.4 Å². The van der Waals surface area contributed by atoms with Crippen molar-refractivity contribution in [1.29, 1.82) is 0 Å². The highest BCUT2D eigenvalue weighted by atomic mass is 35.5. The van der Waals surface area contributed by atoms with E-state index in [1.807, 2.05) is 0 Å². The molecule has 0 aliphatic carbocycles. The van der Waals surface area contributed by atoms with Crippen molar-refractivity contribution < 1.29 is 17.9 Å². The zero-order valence-electron chi connectivity index (χ0n) is 14.4. The molecule has 1 aromatic rings. The normalized spacial score (nSPS) is 15.8.